The van der Waals surface area contributed by atoms with E-state index in [0.29, 0.717) is 5.56 Å². The number of carbonyl (C=O) groups is 1. The molecule has 4 rings (SSSR count). The minimum atomic E-state index is -0.824. The summed E-state index contributed by atoms with van der Waals surface area (Å²) >= 11 is 0. The summed E-state index contributed by atoms with van der Waals surface area (Å²) < 4.78 is 23.4. The average Bonchev–Trinajstić information content (AvgIpc) is 2.81. The summed E-state index contributed by atoms with van der Waals surface area (Å²) in [5.41, 5.74) is 10.5. The molecule has 2 aliphatic heterocycles. The van der Waals surface area contributed by atoms with Crippen LogP contribution in [-0.4, -0.2) is 50.2 Å². The highest BCUT2D eigenvalue weighted by atomic mass is 16.7. The lowest BCUT2D eigenvalue weighted by Crippen LogP contribution is -2.66. The fourth-order valence-corrected chi connectivity index (χ4v) is 3.75. The van der Waals surface area contributed by atoms with Gasteiger partial charge in [0.2, 0.25) is 0 Å². The van der Waals surface area contributed by atoms with Crippen LogP contribution in [0.15, 0.2) is 65.8 Å². The zero-order chi connectivity index (χ0) is 20.9. The number of amides is 1. The van der Waals surface area contributed by atoms with Gasteiger partial charge in [-0.3, -0.25) is 4.79 Å². The first-order chi connectivity index (χ1) is 14.7. The minimum absolute atomic E-state index is 0.237. The first-order valence-electron chi connectivity index (χ1n) is 9.61. The molecular weight excluding hydrogens is 388 g/mol. The van der Waals surface area contributed by atoms with E-state index in [-0.39, 0.29) is 12.5 Å². The molecule has 30 heavy (non-hydrogen) atoms. The fourth-order valence-electron chi connectivity index (χ4n) is 3.75. The summed E-state index contributed by atoms with van der Waals surface area (Å²) in [5, 5.41) is 6.83. The molecule has 1 N–H and O–H groups in total. The molecule has 156 valence electrons. The van der Waals surface area contributed by atoms with E-state index in [9.17, 15) is 10.3 Å². The van der Waals surface area contributed by atoms with E-state index in [1.165, 1.54) is 7.11 Å². The van der Waals surface area contributed by atoms with E-state index < -0.39 is 36.9 Å². The molecule has 2 heterocycles. The van der Waals surface area contributed by atoms with Crippen LogP contribution in [0.3, 0.4) is 0 Å². The van der Waals surface area contributed by atoms with Gasteiger partial charge in [0.1, 0.15) is 12.2 Å². The van der Waals surface area contributed by atoms with Crippen molar-refractivity contribution in [3.8, 4) is 0 Å². The quantitative estimate of drug-likeness (QED) is 0.462. The Labute approximate surface area is 173 Å². The van der Waals surface area contributed by atoms with Crippen LogP contribution < -0.4 is 5.32 Å². The maximum Gasteiger partial charge on any atom is 0.251 e. The molecule has 9 heteroatoms. The van der Waals surface area contributed by atoms with Crippen LogP contribution in [-0.2, 0) is 18.9 Å². The van der Waals surface area contributed by atoms with Crippen LogP contribution in [0.5, 0.6) is 0 Å². The summed E-state index contributed by atoms with van der Waals surface area (Å²) in [6.07, 6.45) is -2.57. The summed E-state index contributed by atoms with van der Waals surface area (Å²) in [4.78, 5) is 15.7. The minimum Gasteiger partial charge on any atom is -0.354 e. The number of methoxy groups -OCH3 is 1. The summed E-state index contributed by atoms with van der Waals surface area (Å²) in [6, 6.07) is 16.7. The normalized spacial score (nSPS) is 30.6. The number of benzene rings is 2. The van der Waals surface area contributed by atoms with E-state index in [0.717, 1.165) is 5.56 Å². The van der Waals surface area contributed by atoms with Crippen molar-refractivity contribution in [3.05, 3.63) is 82.2 Å². The molecule has 6 atom stereocenters. The highest BCUT2D eigenvalue weighted by Gasteiger charge is 2.50. The number of carbonyl (C=O) groups excluding carboxylic acids is 1. The third-order valence-electron chi connectivity index (χ3n) is 5.19. The Morgan fingerprint density at radius 2 is 1.83 bits per heavy atom. The first-order valence-corrected chi connectivity index (χ1v) is 9.61. The third-order valence-corrected chi connectivity index (χ3v) is 5.19. The van der Waals surface area contributed by atoms with Crippen LogP contribution in [0.1, 0.15) is 22.2 Å². The third kappa shape index (κ3) is 4.16. The van der Waals surface area contributed by atoms with Gasteiger partial charge in [0.15, 0.2) is 12.6 Å². The molecule has 9 nitrogen and oxygen atoms in total. The van der Waals surface area contributed by atoms with Crippen LogP contribution in [0.4, 0.5) is 0 Å². The number of hydrogen-bond acceptors (Lipinski definition) is 6. The molecule has 2 aromatic rings. The van der Waals surface area contributed by atoms with E-state index in [2.05, 4.69) is 15.3 Å². The number of ether oxygens (including phenoxy) is 4. The second-order valence-corrected chi connectivity index (χ2v) is 7.02. The van der Waals surface area contributed by atoms with Crippen LogP contribution in [0, 0.1) is 0 Å². The predicted molar refractivity (Wildman–Crippen MR) is 106 cm³/mol. The van der Waals surface area contributed by atoms with E-state index in [1.807, 2.05) is 36.4 Å². The Balaban J connectivity index is 1.59. The number of fused-ring (bicyclic) bond motifs is 1. The van der Waals surface area contributed by atoms with E-state index >= 15 is 0 Å². The first kappa shape index (κ1) is 20.3. The van der Waals surface area contributed by atoms with Crippen LogP contribution in [0.25, 0.3) is 10.4 Å². The molecule has 1 amide bonds. The zero-order valence-electron chi connectivity index (χ0n) is 16.3. The Morgan fingerprint density at radius 3 is 2.50 bits per heavy atom. The SMILES string of the molecule is CO[C@H]1O[C@H]2CO[C@H](c3ccccc3)O[C@H]2[C@@H](N=[N+]=[N-])[C@@H]1NC(=O)c1ccccc1. The monoisotopic (exact) mass is 410 g/mol. The van der Waals surface area contributed by atoms with Crippen molar-refractivity contribution in [1.82, 2.24) is 5.32 Å². The van der Waals surface area contributed by atoms with Crippen molar-refractivity contribution in [1.29, 1.82) is 0 Å². The van der Waals surface area contributed by atoms with Gasteiger partial charge in [-0.1, -0.05) is 53.6 Å². The molecule has 0 unspecified atom stereocenters. The lowest BCUT2D eigenvalue weighted by atomic mass is 9.93. The van der Waals surface area contributed by atoms with Gasteiger partial charge in [0.05, 0.1) is 18.7 Å². The van der Waals surface area contributed by atoms with Gasteiger partial charge in [-0.15, -0.1) is 0 Å². The summed E-state index contributed by atoms with van der Waals surface area (Å²) in [5.74, 6) is -0.325. The molecule has 0 spiro atoms. The molecule has 2 saturated heterocycles. The second kappa shape index (κ2) is 9.25. The molecule has 0 radical (unpaired) electrons. The Kier molecular flexibility index (Phi) is 6.27. The molecule has 2 aliphatic rings. The number of nitrogens with one attached hydrogen (secondary N) is 1. The molecule has 2 aromatic carbocycles. The largest absolute Gasteiger partial charge is 0.354 e. The molecule has 0 aromatic heterocycles. The van der Waals surface area contributed by atoms with E-state index in [4.69, 9.17) is 18.9 Å². The summed E-state index contributed by atoms with van der Waals surface area (Å²) in [6.45, 7) is 0.237. The van der Waals surface area contributed by atoms with Crippen molar-refractivity contribution >= 4 is 5.91 Å². The van der Waals surface area contributed by atoms with Gasteiger partial charge in [-0.2, -0.15) is 0 Å². The summed E-state index contributed by atoms with van der Waals surface area (Å²) in [7, 11) is 1.47. The molecular formula is C21H22N4O5. The molecule has 0 saturated carbocycles. The Bertz CT molecular complexity index is 906. The topological polar surface area (TPSA) is 115 Å². The number of azide groups is 1. The standard InChI is InChI=1S/C21H22N4O5/c1-27-21-17(23-19(26)13-8-4-2-5-9-13)16(24-25-22)18-15(29-21)12-28-20(30-18)14-10-6-3-7-11-14/h2-11,15-18,20-21H,12H2,1H3,(H,23,26)/t15-,16-,17-,18+,20-,21-/m0/s1. The number of nitrogens with zero attached hydrogens (tertiary/aromatic N) is 3. The Morgan fingerprint density at radius 1 is 1.13 bits per heavy atom. The highest BCUT2D eigenvalue weighted by Crippen LogP contribution is 2.35. The molecule has 0 aliphatic carbocycles. The molecule has 0 bridgehead atoms. The smallest absolute Gasteiger partial charge is 0.251 e. The Hall–Kier alpha value is -2.94. The van der Waals surface area contributed by atoms with Crippen molar-refractivity contribution in [3.63, 3.8) is 0 Å². The second-order valence-electron chi connectivity index (χ2n) is 7.02. The van der Waals surface area contributed by atoms with Gasteiger partial charge in [-0.05, 0) is 17.7 Å². The fraction of sp³-hybridized carbons (Fsp3) is 0.381. The van der Waals surface area contributed by atoms with Gasteiger partial charge >= 0.3 is 0 Å². The van der Waals surface area contributed by atoms with Gasteiger partial charge in [0.25, 0.3) is 5.91 Å². The maximum absolute atomic E-state index is 12.7. The highest BCUT2D eigenvalue weighted by molar-refractivity contribution is 5.94. The predicted octanol–water partition coefficient (Wildman–Crippen LogP) is 2.95. The molecule has 2 fully saturated rings. The number of rotatable bonds is 5. The van der Waals surface area contributed by atoms with Crippen LogP contribution >= 0.6 is 0 Å². The number of hydrogen-bond donors (Lipinski definition) is 1. The van der Waals surface area contributed by atoms with Crippen molar-refractivity contribution in [2.24, 2.45) is 5.11 Å². The maximum atomic E-state index is 12.7. The van der Waals surface area contributed by atoms with Gasteiger partial charge in [-0.25, -0.2) is 0 Å². The van der Waals surface area contributed by atoms with E-state index in [1.54, 1.807) is 24.3 Å². The zero-order valence-corrected chi connectivity index (χ0v) is 16.3. The lowest BCUT2D eigenvalue weighted by molar-refractivity contribution is -0.322. The van der Waals surface area contributed by atoms with Crippen molar-refractivity contribution in [2.75, 3.05) is 13.7 Å². The average molecular weight is 410 g/mol. The van der Waals surface area contributed by atoms with Crippen molar-refractivity contribution in [2.45, 2.75) is 36.9 Å². The van der Waals surface area contributed by atoms with Crippen LogP contribution in [0.2, 0.25) is 0 Å². The van der Waals surface area contributed by atoms with Gasteiger partial charge < -0.3 is 24.3 Å². The lowest BCUT2D eigenvalue weighted by Gasteiger charge is -2.48. The van der Waals surface area contributed by atoms with Crippen molar-refractivity contribution < 1.29 is 23.7 Å². The van der Waals surface area contributed by atoms with Gasteiger partial charge in [0, 0.05) is 23.1 Å².